The molecule has 6 N–H and O–H groups in total. The van der Waals surface area contributed by atoms with E-state index < -0.39 is 68.8 Å². The first kappa shape index (κ1) is 36.9. The predicted octanol–water partition coefficient (Wildman–Crippen LogP) is -2.12. The van der Waals surface area contributed by atoms with Crippen LogP contribution < -0.4 is 0 Å². The van der Waals surface area contributed by atoms with Gasteiger partial charge in [0.05, 0.1) is 0 Å². The average molecular weight is 619 g/mol. The molecule has 0 amide bonds. The van der Waals surface area contributed by atoms with Crippen LogP contribution in [0.15, 0.2) is 0 Å². The summed E-state index contributed by atoms with van der Waals surface area (Å²) in [5.41, 5.74) is 0. The van der Waals surface area contributed by atoms with Gasteiger partial charge in [-0.1, -0.05) is 0 Å². The Hall–Kier alpha value is 2.38. The molecule has 0 aliphatic rings. The third-order valence-electron chi connectivity index (χ3n) is 1.94. The minimum atomic E-state index is -4.10. The summed E-state index contributed by atoms with van der Waals surface area (Å²) in [6.07, 6.45) is -8.23. The standard InChI is InChI=1S/C3H15NO18P6.Fe.Na.H/c5-23(6)17-1(18-24(7)8)4(2(19-25(9)10)20-26(11)12)3(21-27(13)14)22-28(15)16;;;/h1-3,23-28H,(H,5,6)(H,7,8)(H,9,10)(H,11,12)(H,13,14)(H,15,16);;;. The van der Waals surface area contributed by atoms with Crippen LogP contribution in [0.25, 0.3) is 0 Å². The Kier molecular flexibility index (Phi) is 24.2. The second kappa shape index (κ2) is 19.7. The zero-order chi connectivity index (χ0) is 22.0. The van der Waals surface area contributed by atoms with E-state index in [1.165, 1.54) is 0 Å². The Morgan fingerprint density at radius 3 is 0.700 bits per heavy atom. The van der Waals surface area contributed by atoms with Crippen molar-refractivity contribution in [3.8, 4) is 0 Å². The second-order valence-corrected chi connectivity index (χ2v) is 8.28. The Labute approximate surface area is 203 Å². The SMILES string of the molecule is O=[PH](O)OC(O[PH](=O)O)N(C(O[PH](=O)O)O[PH](=O)O)C(O[PH](=O)O)O[PH](=O)O.[Fe].[NaH]. The van der Waals surface area contributed by atoms with Crippen molar-refractivity contribution in [2.45, 2.75) is 19.2 Å². The number of nitrogens with zero attached hydrogens (tertiary/aromatic N) is 1. The molecule has 0 aromatic heterocycles. The van der Waals surface area contributed by atoms with Gasteiger partial charge in [0.15, 0.2) is 0 Å². The molecule has 0 rings (SSSR count). The summed E-state index contributed by atoms with van der Waals surface area (Å²) in [5.74, 6) is 0. The van der Waals surface area contributed by atoms with Crippen LogP contribution in [0.5, 0.6) is 0 Å². The maximum absolute atomic E-state index is 10.9. The van der Waals surface area contributed by atoms with Crippen LogP contribution in [0, 0.1) is 0 Å². The first-order valence-corrected chi connectivity index (χ1v) is 13.6. The van der Waals surface area contributed by atoms with Gasteiger partial charge in [-0.3, -0.25) is 54.5 Å². The molecule has 0 fully saturated rings. The van der Waals surface area contributed by atoms with E-state index in [4.69, 9.17) is 29.4 Å². The normalized spacial score (nSPS) is 20.5. The molecule has 6 unspecified atom stereocenters. The molecule has 19 nitrogen and oxygen atoms in total. The van der Waals surface area contributed by atoms with E-state index in [2.05, 4.69) is 27.1 Å². The maximum atomic E-state index is 10.9. The van der Waals surface area contributed by atoms with Gasteiger partial charge in [-0.15, -0.1) is 0 Å². The van der Waals surface area contributed by atoms with Crippen LogP contribution in [0.4, 0.5) is 0 Å². The zero-order valence-corrected chi connectivity index (χ0v) is 20.2. The van der Waals surface area contributed by atoms with E-state index in [9.17, 15) is 27.4 Å². The molecule has 180 valence electrons. The molecule has 0 heterocycles. The van der Waals surface area contributed by atoms with E-state index in [1.807, 2.05) is 0 Å². The summed E-state index contributed by atoms with van der Waals surface area (Å²) < 4.78 is 90.6. The fraction of sp³-hybridized carbons (Fsp3) is 1.00. The van der Waals surface area contributed by atoms with Gasteiger partial charge in [-0.2, -0.15) is 4.90 Å². The molecule has 27 heteroatoms. The van der Waals surface area contributed by atoms with E-state index in [0.717, 1.165) is 0 Å². The summed E-state index contributed by atoms with van der Waals surface area (Å²) in [7, 11) is -24.6. The Morgan fingerprint density at radius 2 is 0.600 bits per heavy atom. The number of rotatable bonds is 15. The third kappa shape index (κ3) is 17.8. The van der Waals surface area contributed by atoms with Crippen LogP contribution >= 0.6 is 49.5 Å². The summed E-state index contributed by atoms with van der Waals surface area (Å²) in [6, 6.07) is 0. The molecule has 0 aromatic carbocycles. The third-order valence-corrected chi connectivity index (χ3v) is 4.36. The van der Waals surface area contributed by atoms with Crippen LogP contribution in [0.1, 0.15) is 0 Å². The summed E-state index contributed by atoms with van der Waals surface area (Å²) in [6.45, 7) is 0. The van der Waals surface area contributed by atoms with E-state index in [-0.39, 0.29) is 51.5 Å². The summed E-state index contributed by atoms with van der Waals surface area (Å²) >= 11 is 0. The second-order valence-electron chi connectivity index (χ2n) is 3.67. The molecule has 0 saturated heterocycles. The molecule has 0 radical (unpaired) electrons. The topological polar surface area (TPSA) is 282 Å². The van der Waals surface area contributed by atoms with Gasteiger partial charge in [0.1, 0.15) is 0 Å². The Balaban J connectivity index is -0.00000364. The first-order chi connectivity index (χ1) is 12.8. The summed E-state index contributed by atoms with van der Waals surface area (Å²) in [5, 5.41) is 0. The Bertz CT molecular complexity index is 516. The van der Waals surface area contributed by atoms with Crippen molar-refractivity contribution < 1.29 is 101 Å². The van der Waals surface area contributed by atoms with Gasteiger partial charge >= 0.3 is 79.1 Å². The molecule has 0 aliphatic carbocycles. The van der Waals surface area contributed by atoms with Gasteiger partial charge in [0.2, 0.25) is 19.2 Å². The van der Waals surface area contributed by atoms with Gasteiger partial charge in [-0.25, -0.2) is 0 Å². The van der Waals surface area contributed by atoms with Crippen molar-refractivity contribution in [1.82, 2.24) is 4.90 Å². The molecular formula is C3H16FeNNaO18P6. The first-order valence-electron chi connectivity index (χ1n) is 5.98. The van der Waals surface area contributed by atoms with Crippen LogP contribution in [-0.2, 0) is 71.6 Å². The number of hydrogen-bond donors (Lipinski definition) is 6. The molecule has 0 aromatic rings. The molecule has 0 spiro atoms. The van der Waals surface area contributed by atoms with Gasteiger partial charge < -0.3 is 29.4 Å². The van der Waals surface area contributed by atoms with Crippen molar-refractivity contribution in [1.29, 1.82) is 0 Å². The van der Waals surface area contributed by atoms with Crippen molar-refractivity contribution in [3.63, 3.8) is 0 Å². The summed E-state index contributed by atoms with van der Waals surface area (Å²) in [4.78, 5) is 52.8. The molecule has 6 atom stereocenters. The average Bonchev–Trinajstić information content (AvgIpc) is 2.42. The van der Waals surface area contributed by atoms with Crippen LogP contribution in [0.3, 0.4) is 0 Å². The fourth-order valence-corrected chi connectivity index (χ4v) is 3.60. The Morgan fingerprint density at radius 1 is 0.467 bits per heavy atom. The van der Waals surface area contributed by atoms with Crippen molar-refractivity contribution in [2.75, 3.05) is 0 Å². The van der Waals surface area contributed by atoms with Crippen molar-refractivity contribution in [3.05, 3.63) is 0 Å². The predicted molar refractivity (Wildman–Crippen MR) is 94.2 cm³/mol. The van der Waals surface area contributed by atoms with E-state index in [0.29, 0.717) is 0 Å². The monoisotopic (exact) mass is 619 g/mol. The quantitative estimate of drug-likeness (QED) is 0.0649. The van der Waals surface area contributed by atoms with Crippen molar-refractivity contribution in [2.24, 2.45) is 0 Å². The molecule has 0 bridgehead atoms. The van der Waals surface area contributed by atoms with Gasteiger partial charge in [0, 0.05) is 17.1 Å². The molecule has 30 heavy (non-hydrogen) atoms. The van der Waals surface area contributed by atoms with E-state index in [1.54, 1.807) is 0 Å². The molecular weight excluding hydrogens is 603 g/mol. The van der Waals surface area contributed by atoms with E-state index >= 15 is 0 Å². The van der Waals surface area contributed by atoms with Gasteiger partial charge in [0.25, 0.3) is 0 Å². The zero-order valence-electron chi connectivity index (χ0n) is 13.1. The van der Waals surface area contributed by atoms with Crippen LogP contribution in [0.2, 0.25) is 0 Å². The van der Waals surface area contributed by atoms with Gasteiger partial charge in [-0.05, 0) is 0 Å². The fourth-order valence-electron chi connectivity index (χ4n) is 1.25. The number of hydrogen-bond acceptors (Lipinski definition) is 13. The minimum absolute atomic E-state index is 0. The molecule has 0 saturated carbocycles. The molecule has 0 aliphatic heterocycles. The van der Waals surface area contributed by atoms with Crippen LogP contribution in [-0.4, -0.2) is 83.1 Å². The van der Waals surface area contributed by atoms with Crippen molar-refractivity contribution >= 4 is 79.1 Å².